The third kappa shape index (κ3) is 3.60. The minimum Gasteiger partial charge on any atom is -0.315 e. The van der Waals surface area contributed by atoms with Gasteiger partial charge in [0.25, 0.3) is 0 Å². The maximum atomic E-state index is 12.7. The van der Waals surface area contributed by atoms with E-state index >= 15 is 0 Å². The maximum Gasteiger partial charge on any atom is 0.235 e. The molecule has 134 valence electrons. The summed E-state index contributed by atoms with van der Waals surface area (Å²) >= 11 is 0. The Morgan fingerprint density at radius 3 is 2.88 bits per heavy atom. The zero-order valence-electron chi connectivity index (χ0n) is 13.5. The van der Waals surface area contributed by atoms with Gasteiger partial charge < -0.3 is 5.32 Å². The van der Waals surface area contributed by atoms with Crippen molar-refractivity contribution in [3.63, 3.8) is 0 Å². The number of halogens is 2. The Balaban J connectivity index is 0.00000113. The minimum atomic E-state index is -0.157. The standard InChI is InChI=1S/C15H17N7O.2ClH/c1-21-9-10(6-17-21)11-7-16-8-12(11)14(23)18-15-20-19-13-4-2-3-5-22(13)15;;/h2-6,9,11-12,16H,7-8H2,1H3,(H,18,20,23);2*1H/t11-,12+;;/m1../s1. The van der Waals surface area contributed by atoms with Gasteiger partial charge >= 0.3 is 0 Å². The lowest BCUT2D eigenvalue weighted by molar-refractivity contribution is -0.119. The van der Waals surface area contributed by atoms with Crippen LogP contribution in [0.1, 0.15) is 11.5 Å². The van der Waals surface area contributed by atoms with Crippen LogP contribution in [0.4, 0.5) is 5.95 Å². The van der Waals surface area contributed by atoms with E-state index in [9.17, 15) is 4.79 Å². The zero-order valence-corrected chi connectivity index (χ0v) is 15.1. The number of nitrogens with one attached hydrogen (secondary N) is 2. The molecule has 3 aromatic rings. The van der Waals surface area contributed by atoms with Gasteiger partial charge in [-0.05, 0) is 17.7 Å². The predicted octanol–water partition coefficient (Wildman–Crippen LogP) is 1.25. The van der Waals surface area contributed by atoms with Crippen LogP contribution in [0, 0.1) is 5.92 Å². The second-order valence-electron chi connectivity index (χ2n) is 5.76. The van der Waals surface area contributed by atoms with Gasteiger partial charge in [-0.15, -0.1) is 35.0 Å². The zero-order chi connectivity index (χ0) is 15.8. The number of anilines is 1. The summed E-state index contributed by atoms with van der Waals surface area (Å²) < 4.78 is 3.52. The number of rotatable bonds is 3. The number of hydrogen-bond donors (Lipinski definition) is 2. The third-order valence-electron chi connectivity index (χ3n) is 4.25. The second kappa shape index (κ2) is 7.81. The van der Waals surface area contributed by atoms with Gasteiger partial charge in [-0.25, -0.2) is 0 Å². The average Bonchev–Trinajstić information content (AvgIpc) is 3.26. The molecule has 0 radical (unpaired) electrons. The first kappa shape index (κ1) is 19.2. The van der Waals surface area contributed by atoms with E-state index in [0.717, 1.165) is 12.1 Å². The van der Waals surface area contributed by atoms with Crippen molar-refractivity contribution in [1.82, 2.24) is 29.7 Å². The van der Waals surface area contributed by atoms with Crippen LogP contribution in [0.15, 0.2) is 36.8 Å². The molecule has 1 amide bonds. The van der Waals surface area contributed by atoms with E-state index in [-0.39, 0.29) is 42.6 Å². The normalized spacial score (nSPS) is 19.2. The Morgan fingerprint density at radius 2 is 2.12 bits per heavy atom. The quantitative estimate of drug-likeness (QED) is 0.710. The molecule has 0 saturated carbocycles. The SMILES string of the molecule is Cl.Cl.Cn1cc([C@H]2CNC[C@@H]2C(=O)Nc2nnc3ccccn23)cn1. The molecule has 1 saturated heterocycles. The van der Waals surface area contributed by atoms with Gasteiger partial charge in [-0.1, -0.05) is 6.07 Å². The lowest BCUT2D eigenvalue weighted by Crippen LogP contribution is -2.28. The van der Waals surface area contributed by atoms with Crippen LogP contribution in [0.2, 0.25) is 0 Å². The lowest BCUT2D eigenvalue weighted by Gasteiger charge is -2.16. The van der Waals surface area contributed by atoms with Crippen LogP contribution in [-0.2, 0) is 11.8 Å². The summed E-state index contributed by atoms with van der Waals surface area (Å²) in [5.74, 6) is 0.350. The third-order valence-corrected chi connectivity index (χ3v) is 4.25. The number of amides is 1. The maximum absolute atomic E-state index is 12.7. The fraction of sp³-hybridized carbons (Fsp3) is 0.333. The molecule has 0 aliphatic carbocycles. The largest absolute Gasteiger partial charge is 0.315 e. The number of carbonyl (C=O) groups excluding carboxylic acids is 1. The van der Waals surface area contributed by atoms with Gasteiger partial charge in [0.15, 0.2) is 5.65 Å². The van der Waals surface area contributed by atoms with Crippen LogP contribution in [-0.4, -0.2) is 43.4 Å². The number of aryl methyl sites for hydroxylation is 1. The fourth-order valence-electron chi connectivity index (χ4n) is 3.07. The molecule has 25 heavy (non-hydrogen) atoms. The molecule has 8 nitrogen and oxygen atoms in total. The Hall–Kier alpha value is -2.16. The molecule has 0 aromatic carbocycles. The Morgan fingerprint density at radius 1 is 1.28 bits per heavy atom. The summed E-state index contributed by atoms with van der Waals surface area (Å²) in [5.41, 5.74) is 1.78. The fourth-order valence-corrected chi connectivity index (χ4v) is 3.07. The first-order valence-corrected chi connectivity index (χ1v) is 7.52. The highest BCUT2D eigenvalue weighted by Gasteiger charge is 2.35. The van der Waals surface area contributed by atoms with E-state index in [2.05, 4.69) is 25.9 Å². The van der Waals surface area contributed by atoms with E-state index in [1.54, 1.807) is 9.08 Å². The number of aromatic nitrogens is 5. The first-order chi connectivity index (χ1) is 11.2. The molecule has 2 atom stereocenters. The van der Waals surface area contributed by atoms with Gasteiger partial charge in [-0.3, -0.25) is 19.2 Å². The van der Waals surface area contributed by atoms with E-state index in [4.69, 9.17) is 0 Å². The topological polar surface area (TPSA) is 89.1 Å². The van der Waals surface area contributed by atoms with Crippen molar-refractivity contribution in [2.75, 3.05) is 18.4 Å². The molecule has 1 aliphatic rings. The summed E-state index contributed by atoms with van der Waals surface area (Å²) in [4.78, 5) is 12.7. The average molecular weight is 384 g/mol. The van der Waals surface area contributed by atoms with Gasteiger partial charge in [0, 0.05) is 38.4 Å². The number of pyridine rings is 1. The highest BCUT2D eigenvalue weighted by Crippen LogP contribution is 2.28. The highest BCUT2D eigenvalue weighted by molar-refractivity contribution is 5.92. The van der Waals surface area contributed by atoms with Crippen LogP contribution >= 0.6 is 24.8 Å². The van der Waals surface area contributed by atoms with Gasteiger partial charge in [0.2, 0.25) is 11.9 Å². The summed E-state index contributed by atoms with van der Waals surface area (Å²) in [6.45, 7) is 1.41. The van der Waals surface area contributed by atoms with E-state index < -0.39 is 0 Å². The smallest absolute Gasteiger partial charge is 0.235 e. The Bertz CT molecular complexity index is 862. The Kier molecular flexibility index (Phi) is 5.99. The second-order valence-corrected chi connectivity index (χ2v) is 5.76. The summed E-state index contributed by atoms with van der Waals surface area (Å²) in [5, 5.41) is 18.5. The van der Waals surface area contributed by atoms with Crippen LogP contribution < -0.4 is 10.6 Å². The predicted molar refractivity (Wildman–Crippen MR) is 98.4 cm³/mol. The van der Waals surface area contributed by atoms with Crippen molar-refractivity contribution in [2.24, 2.45) is 13.0 Å². The van der Waals surface area contributed by atoms with E-state index in [1.165, 1.54) is 0 Å². The number of carbonyl (C=O) groups is 1. The molecule has 10 heteroatoms. The van der Waals surface area contributed by atoms with Crippen LogP contribution in [0.3, 0.4) is 0 Å². The molecule has 1 aliphatic heterocycles. The Labute approximate surface area is 156 Å². The van der Waals surface area contributed by atoms with Crippen molar-refractivity contribution in [2.45, 2.75) is 5.92 Å². The molecule has 3 aromatic heterocycles. The highest BCUT2D eigenvalue weighted by atomic mass is 35.5. The molecule has 4 heterocycles. The van der Waals surface area contributed by atoms with Gasteiger partial charge in [0.05, 0.1) is 12.1 Å². The van der Waals surface area contributed by atoms with Gasteiger partial charge in [0.1, 0.15) is 0 Å². The van der Waals surface area contributed by atoms with Crippen LogP contribution in [0.5, 0.6) is 0 Å². The monoisotopic (exact) mass is 383 g/mol. The number of hydrogen-bond acceptors (Lipinski definition) is 5. The van der Waals surface area contributed by atoms with E-state index in [0.29, 0.717) is 18.1 Å². The molecular formula is C15H19Cl2N7O. The van der Waals surface area contributed by atoms with Crippen molar-refractivity contribution in [3.8, 4) is 0 Å². The van der Waals surface area contributed by atoms with Crippen molar-refractivity contribution in [3.05, 3.63) is 42.4 Å². The van der Waals surface area contributed by atoms with Crippen molar-refractivity contribution < 1.29 is 4.79 Å². The van der Waals surface area contributed by atoms with Crippen molar-refractivity contribution >= 4 is 42.3 Å². The lowest BCUT2D eigenvalue weighted by atomic mass is 9.90. The summed E-state index contributed by atoms with van der Waals surface area (Å²) in [6.07, 6.45) is 5.62. The van der Waals surface area contributed by atoms with Crippen molar-refractivity contribution in [1.29, 1.82) is 0 Å². The summed E-state index contributed by atoms with van der Waals surface area (Å²) in [7, 11) is 1.88. The number of fused-ring (bicyclic) bond motifs is 1. The summed E-state index contributed by atoms with van der Waals surface area (Å²) in [6, 6.07) is 5.61. The van der Waals surface area contributed by atoms with Gasteiger partial charge in [-0.2, -0.15) is 5.10 Å². The molecule has 0 spiro atoms. The molecule has 4 rings (SSSR count). The minimum absolute atomic E-state index is 0. The molecule has 0 unspecified atom stereocenters. The molecule has 1 fully saturated rings. The molecular weight excluding hydrogens is 365 g/mol. The molecule has 0 bridgehead atoms. The molecule has 2 N–H and O–H groups in total. The van der Waals surface area contributed by atoms with E-state index in [1.807, 2.05) is 43.8 Å². The number of nitrogens with zero attached hydrogens (tertiary/aromatic N) is 5. The first-order valence-electron chi connectivity index (χ1n) is 7.52. The van der Waals surface area contributed by atoms with Crippen LogP contribution in [0.25, 0.3) is 5.65 Å².